The summed E-state index contributed by atoms with van der Waals surface area (Å²) in [5, 5.41) is 9.36. The summed E-state index contributed by atoms with van der Waals surface area (Å²) >= 11 is 0. The van der Waals surface area contributed by atoms with Gasteiger partial charge in [-0.1, -0.05) is 0 Å². The molecule has 3 rings (SSSR count). The van der Waals surface area contributed by atoms with E-state index in [1.807, 2.05) is 19.1 Å². The van der Waals surface area contributed by atoms with Gasteiger partial charge in [-0.25, -0.2) is 4.79 Å². The summed E-state index contributed by atoms with van der Waals surface area (Å²) in [6.07, 6.45) is 3.95. The maximum Gasteiger partial charge on any atom is 0.352 e. The summed E-state index contributed by atoms with van der Waals surface area (Å²) in [5.74, 6) is 0.288. The number of allylic oxidation sites excluding steroid dienone is 2. The van der Waals surface area contributed by atoms with E-state index >= 15 is 0 Å². The molecule has 130 valence electrons. The molecule has 0 bridgehead atoms. The first-order valence-corrected chi connectivity index (χ1v) is 8.68. The van der Waals surface area contributed by atoms with Gasteiger partial charge in [-0.2, -0.15) is 5.26 Å². The zero-order valence-electron chi connectivity index (χ0n) is 14.9. The largest absolute Gasteiger partial charge is 0.462 e. The van der Waals surface area contributed by atoms with Crippen LogP contribution in [0.15, 0.2) is 29.5 Å². The van der Waals surface area contributed by atoms with E-state index in [9.17, 15) is 10.1 Å². The molecular formula is C20H22N2O3. The molecule has 0 saturated heterocycles. The number of hydrogen-bond donors (Lipinski definition) is 0. The monoisotopic (exact) mass is 338 g/mol. The number of anilines is 1. The molecule has 5 nitrogen and oxygen atoms in total. The second kappa shape index (κ2) is 7.02. The van der Waals surface area contributed by atoms with Crippen LogP contribution in [0, 0.1) is 11.3 Å². The van der Waals surface area contributed by atoms with E-state index < -0.39 is 5.97 Å². The molecule has 1 aromatic rings. The van der Waals surface area contributed by atoms with Crippen molar-refractivity contribution in [1.29, 1.82) is 5.26 Å². The summed E-state index contributed by atoms with van der Waals surface area (Å²) in [6.45, 7) is 8.01. The third-order valence-corrected chi connectivity index (χ3v) is 4.61. The van der Waals surface area contributed by atoms with Gasteiger partial charge < -0.3 is 14.4 Å². The van der Waals surface area contributed by atoms with Gasteiger partial charge in [0.25, 0.3) is 0 Å². The number of nitriles is 1. The number of ether oxygens (including phenoxy) is 2. The molecule has 25 heavy (non-hydrogen) atoms. The normalized spacial score (nSPS) is 17.5. The van der Waals surface area contributed by atoms with E-state index in [-0.39, 0.29) is 17.9 Å². The maximum absolute atomic E-state index is 12.0. The Labute approximate surface area is 148 Å². The second-order valence-electron chi connectivity index (χ2n) is 6.16. The zero-order valence-corrected chi connectivity index (χ0v) is 14.9. The van der Waals surface area contributed by atoms with Crippen molar-refractivity contribution in [2.45, 2.75) is 33.6 Å². The van der Waals surface area contributed by atoms with Crippen LogP contribution in [0.5, 0.6) is 5.75 Å². The number of esters is 1. The van der Waals surface area contributed by atoms with Gasteiger partial charge in [-0.3, -0.25) is 0 Å². The number of fused-ring (bicyclic) bond motifs is 2. The van der Waals surface area contributed by atoms with Gasteiger partial charge in [0.05, 0.1) is 6.61 Å². The average molecular weight is 338 g/mol. The fourth-order valence-electron chi connectivity index (χ4n) is 3.36. The molecule has 0 spiro atoms. The van der Waals surface area contributed by atoms with E-state index in [0.29, 0.717) is 5.75 Å². The molecule has 2 aliphatic heterocycles. The SMILES string of the molecule is CCOC(=O)/C(C#N)=C1/C=C(C)c2cc3c(cc2O1)N(CC)CCC3. The predicted molar refractivity (Wildman–Crippen MR) is 96.2 cm³/mol. The van der Waals surface area contributed by atoms with E-state index in [4.69, 9.17) is 9.47 Å². The van der Waals surface area contributed by atoms with Crippen LogP contribution in [0.25, 0.3) is 5.57 Å². The Morgan fingerprint density at radius 3 is 2.88 bits per heavy atom. The molecular weight excluding hydrogens is 316 g/mol. The molecule has 1 aromatic carbocycles. The fraction of sp³-hybridized carbons (Fsp3) is 0.400. The lowest BCUT2D eigenvalue weighted by Crippen LogP contribution is -2.29. The molecule has 0 atom stereocenters. The average Bonchev–Trinajstić information content (AvgIpc) is 2.61. The van der Waals surface area contributed by atoms with E-state index in [1.165, 1.54) is 11.3 Å². The van der Waals surface area contributed by atoms with Crippen molar-refractivity contribution < 1.29 is 14.3 Å². The molecule has 2 aliphatic rings. The lowest BCUT2D eigenvalue weighted by atomic mass is 9.94. The van der Waals surface area contributed by atoms with E-state index in [1.54, 1.807) is 13.0 Å². The maximum atomic E-state index is 12.0. The van der Waals surface area contributed by atoms with E-state index in [0.717, 1.165) is 37.1 Å². The lowest BCUT2D eigenvalue weighted by Gasteiger charge is -2.32. The highest BCUT2D eigenvalue weighted by molar-refractivity contribution is 5.95. The Hall–Kier alpha value is -2.74. The highest BCUT2D eigenvalue weighted by atomic mass is 16.5. The first-order chi connectivity index (χ1) is 12.1. The van der Waals surface area contributed by atoms with Gasteiger partial charge in [0.15, 0.2) is 11.3 Å². The third-order valence-electron chi connectivity index (χ3n) is 4.61. The Morgan fingerprint density at radius 1 is 1.40 bits per heavy atom. The summed E-state index contributed by atoms with van der Waals surface area (Å²) < 4.78 is 10.9. The van der Waals surface area contributed by atoms with Gasteiger partial charge in [-0.15, -0.1) is 0 Å². The minimum atomic E-state index is -0.652. The molecule has 0 amide bonds. The molecule has 0 unspecified atom stereocenters. The predicted octanol–water partition coefficient (Wildman–Crippen LogP) is 3.60. The molecule has 0 radical (unpaired) electrons. The molecule has 0 aromatic heterocycles. The minimum absolute atomic E-state index is 0.100. The molecule has 0 aliphatic carbocycles. The van der Waals surface area contributed by atoms with Crippen molar-refractivity contribution in [3.05, 3.63) is 40.7 Å². The molecule has 2 heterocycles. The van der Waals surface area contributed by atoms with Gasteiger partial charge in [0.2, 0.25) is 0 Å². The summed E-state index contributed by atoms with van der Waals surface area (Å²) in [6, 6.07) is 6.12. The van der Waals surface area contributed by atoms with Crippen LogP contribution < -0.4 is 9.64 Å². The van der Waals surface area contributed by atoms with Crippen molar-refractivity contribution in [1.82, 2.24) is 0 Å². The van der Waals surface area contributed by atoms with Crippen molar-refractivity contribution in [2.24, 2.45) is 0 Å². The smallest absolute Gasteiger partial charge is 0.352 e. The number of rotatable bonds is 3. The first kappa shape index (κ1) is 17.1. The summed E-state index contributed by atoms with van der Waals surface area (Å²) in [7, 11) is 0. The van der Waals surface area contributed by atoms with Crippen LogP contribution >= 0.6 is 0 Å². The highest BCUT2D eigenvalue weighted by Crippen LogP contribution is 2.40. The minimum Gasteiger partial charge on any atom is -0.462 e. The van der Waals surface area contributed by atoms with Crippen LogP contribution in [0.3, 0.4) is 0 Å². The molecule has 0 saturated carbocycles. The van der Waals surface area contributed by atoms with Gasteiger partial charge in [0, 0.05) is 30.4 Å². The number of nitrogens with zero attached hydrogens (tertiary/aromatic N) is 2. The second-order valence-corrected chi connectivity index (χ2v) is 6.16. The van der Waals surface area contributed by atoms with Crippen molar-refractivity contribution >= 4 is 17.2 Å². The van der Waals surface area contributed by atoms with Gasteiger partial charge in [-0.05, 0) is 56.9 Å². The Bertz CT molecular complexity index is 815. The van der Waals surface area contributed by atoms with Gasteiger partial charge in [0.1, 0.15) is 11.8 Å². The molecule has 0 fully saturated rings. The number of carbonyl (C=O) groups excluding carboxylic acids is 1. The topological polar surface area (TPSA) is 62.6 Å². The van der Waals surface area contributed by atoms with Crippen LogP contribution in [0.1, 0.15) is 38.3 Å². The van der Waals surface area contributed by atoms with Crippen LogP contribution in [-0.4, -0.2) is 25.7 Å². The number of hydrogen-bond acceptors (Lipinski definition) is 5. The Morgan fingerprint density at radius 2 is 2.20 bits per heavy atom. The standard InChI is InChI=1S/C20H22N2O3/c1-4-22-8-6-7-14-10-15-13(3)9-18(25-19(15)11-17(14)22)16(12-21)20(23)24-5-2/h9-11H,4-8H2,1-3H3/b18-16-. The number of aryl methyl sites for hydroxylation is 1. The summed E-state index contributed by atoms with van der Waals surface area (Å²) in [5.41, 5.74) is 4.39. The van der Waals surface area contributed by atoms with Crippen LogP contribution in [0.4, 0.5) is 5.69 Å². The Kier molecular flexibility index (Phi) is 4.80. The molecule has 0 N–H and O–H groups in total. The Balaban J connectivity index is 2.07. The van der Waals surface area contributed by atoms with E-state index in [2.05, 4.69) is 17.9 Å². The van der Waals surface area contributed by atoms with Crippen molar-refractivity contribution in [3.8, 4) is 11.8 Å². The first-order valence-electron chi connectivity index (χ1n) is 8.68. The van der Waals surface area contributed by atoms with Crippen LogP contribution in [0.2, 0.25) is 0 Å². The van der Waals surface area contributed by atoms with Crippen molar-refractivity contribution in [3.63, 3.8) is 0 Å². The highest BCUT2D eigenvalue weighted by Gasteiger charge is 2.25. The van der Waals surface area contributed by atoms with Crippen molar-refractivity contribution in [2.75, 3.05) is 24.6 Å². The zero-order chi connectivity index (χ0) is 18.0. The molecule has 5 heteroatoms. The quantitative estimate of drug-likeness (QED) is 0.479. The van der Waals surface area contributed by atoms with Crippen LogP contribution in [-0.2, 0) is 16.0 Å². The fourth-order valence-corrected chi connectivity index (χ4v) is 3.36. The number of benzene rings is 1. The number of carbonyl (C=O) groups is 1. The van der Waals surface area contributed by atoms with Gasteiger partial charge >= 0.3 is 5.97 Å². The summed E-state index contributed by atoms with van der Waals surface area (Å²) in [4.78, 5) is 14.3. The third kappa shape index (κ3) is 3.12. The lowest BCUT2D eigenvalue weighted by molar-refractivity contribution is -0.138.